The zero-order valence-corrected chi connectivity index (χ0v) is 10.6. The number of hydrogen-bond donors (Lipinski definition) is 2. The fraction of sp³-hybridized carbons (Fsp3) is 0.429. The summed E-state index contributed by atoms with van der Waals surface area (Å²) in [7, 11) is 0. The molecule has 0 bridgehead atoms. The Hall–Kier alpha value is -1.93. The van der Waals surface area contributed by atoms with Gasteiger partial charge in [0.2, 0.25) is 5.91 Å². The molecule has 1 saturated carbocycles. The Kier molecular flexibility index (Phi) is 4.48. The molecule has 2 rings (SSSR count). The molecule has 1 aromatic carbocycles. The van der Waals surface area contributed by atoms with Crippen molar-refractivity contribution in [2.24, 2.45) is 5.92 Å². The molecule has 5 heteroatoms. The average Bonchev–Trinajstić information content (AvgIpc) is 3.22. The topological polar surface area (TPSA) is 64.9 Å². The Morgan fingerprint density at radius 3 is 2.89 bits per heavy atom. The maximum Gasteiger partial charge on any atom is 0.223 e. The molecule has 1 aromatic rings. The van der Waals surface area contributed by atoms with E-state index in [9.17, 15) is 9.18 Å². The molecule has 0 unspecified atom stereocenters. The highest BCUT2D eigenvalue weighted by atomic mass is 19.1. The molecule has 0 heterocycles. The summed E-state index contributed by atoms with van der Waals surface area (Å²) in [6.07, 6.45) is 1.99. The van der Waals surface area contributed by atoms with Gasteiger partial charge in [-0.05, 0) is 36.6 Å². The van der Waals surface area contributed by atoms with Crippen molar-refractivity contribution in [2.75, 3.05) is 13.1 Å². The smallest absolute Gasteiger partial charge is 0.223 e. The highest BCUT2D eigenvalue weighted by Gasteiger charge is 2.28. The van der Waals surface area contributed by atoms with E-state index in [2.05, 4.69) is 10.6 Å². The minimum atomic E-state index is -0.349. The normalized spacial score (nSPS) is 13.9. The molecule has 0 radical (unpaired) electrons. The molecular weight excluding hydrogens is 245 g/mol. The molecule has 1 fully saturated rings. The number of benzene rings is 1. The van der Waals surface area contributed by atoms with Crippen LogP contribution >= 0.6 is 0 Å². The van der Waals surface area contributed by atoms with E-state index in [4.69, 9.17) is 5.26 Å². The van der Waals surface area contributed by atoms with E-state index < -0.39 is 0 Å². The van der Waals surface area contributed by atoms with Crippen LogP contribution in [0.25, 0.3) is 0 Å². The lowest BCUT2D eigenvalue weighted by Gasteiger charge is -2.08. The van der Waals surface area contributed by atoms with Crippen LogP contribution in [-0.2, 0) is 11.3 Å². The fourth-order valence-electron chi connectivity index (χ4n) is 1.80. The van der Waals surface area contributed by atoms with E-state index >= 15 is 0 Å². The first-order valence-corrected chi connectivity index (χ1v) is 6.37. The Bertz CT molecular complexity index is 506. The quantitative estimate of drug-likeness (QED) is 0.759. The number of halogens is 1. The third kappa shape index (κ3) is 4.04. The molecule has 100 valence electrons. The molecule has 1 aliphatic rings. The van der Waals surface area contributed by atoms with Gasteiger partial charge in [-0.15, -0.1) is 0 Å². The van der Waals surface area contributed by atoms with Crippen molar-refractivity contribution >= 4 is 5.91 Å². The molecular formula is C14H16FN3O. The van der Waals surface area contributed by atoms with Crippen molar-refractivity contribution < 1.29 is 9.18 Å². The monoisotopic (exact) mass is 261 g/mol. The van der Waals surface area contributed by atoms with Gasteiger partial charge >= 0.3 is 0 Å². The molecule has 0 spiro atoms. The largest absolute Gasteiger partial charge is 0.355 e. The highest BCUT2D eigenvalue weighted by Crippen LogP contribution is 2.28. The molecule has 1 aliphatic carbocycles. The van der Waals surface area contributed by atoms with Crippen LogP contribution < -0.4 is 10.6 Å². The van der Waals surface area contributed by atoms with Gasteiger partial charge in [0.05, 0.1) is 11.6 Å². The second-order valence-corrected chi connectivity index (χ2v) is 4.66. The molecule has 0 atom stereocenters. The maximum absolute atomic E-state index is 13.1. The van der Waals surface area contributed by atoms with E-state index in [1.165, 1.54) is 18.2 Å². The lowest BCUT2D eigenvalue weighted by Crippen LogP contribution is -2.32. The summed E-state index contributed by atoms with van der Waals surface area (Å²) in [4.78, 5) is 11.4. The van der Waals surface area contributed by atoms with Crippen molar-refractivity contribution in [3.63, 3.8) is 0 Å². The predicted molar refractivity (Wildman–Crippen MR) is 68.6 cm³/mol. The van der Waals surface area contributed by atoms with Crippen LogP contribution in [0.15, 0.2) is 18.2 Å². The third-order valence-electron chi connectivity index (χ3n) is 3.05. The lowest BCUT2D eigenvalue weighted by atomic mass is 10.1. The van der Waals surface area contributed by atoms with Crippen LogP contribution in [0.4, 0.5) is 4.39 Å². The summed E-state index contributed by atoms with van der Waals surface area (Å²) in [6.45, 7) is 1.56. The predicted octanol–water partition coefficient (Wildman–Crippen LogP) is 1.31. The second-order valence-electron chi connectivity index (χ2n) is 4.66. The second kappa shape index (κ2) is 6.30. The van der Waals surface area contributed by atoms with Crippen LogP contribution in [0.3, 0.4) is 0 Å². The molecule has 0 aliphatic heterocycles. The van der Waals surface area contributed by atoms with E-state index in [1.807, 2.05) is 6.07 Å². The highest BCUT2D eigenvalue weighted by molar-refractivity contribution is 5.80. The number of hydrogen-bond acceptors (Lipinski definition) is 3. The standard InChI is InChI=1S/C14H16FN3O/c15-13-4-3-11(8-16)12(7-13)9-17-5-6-18-14(19)10-1-2-10/h3-4,7,10,17H,1-2,5-6,9H2,(H,18,19). The number of nitrogens with zero attached hydrogens (tertiary/aromatic N) is 1. The average molecular weight is 261 g/mol. The zero-order chi connectivity index (χ0) is 13.7. The SMILES string of the molecule is N#Cc1ccc(F)cc1CNCCNC(=O)C1CC1. The molecule has 1 amide bonds. The van der Waals surface area contributed by atoms with E-state index in [1.54, 1.807) is 0 Å². The van der Waals surface area contributed by atoms with Crippen molar-refractivity contribution in [1.82, 2.24) is 10.6 Å². The summed E-state index contributed by atoms with van der Waals surface area (Å²) in [5.74, 6) is -0.0171. The third-order valence-corrected chi connectivity index (χ3v) is 3.05. The van der Waals surface area contributed by atoms with Gasteiger partial charge in [0.15, 0.2) is 0 Å². The van der Waals surface area contributed by atoms with Crippen LogP contribution in [0.5, 0.6) is 0 Å². The van der Waals surface area contributed by atoms with Gasteiger partial charge in [0, 0.05) is 25.6 Å². The van der Waals surface area contributed by atoms with Crippen LogP contribution in [-0.4, -0.2) is 19.0 Å². The van der Waals surface area contributed by atoms with Crippen molar-refractivity contribution in [1.29, 1.82) is 5.26 Å². The Morgan fingerprint density at radius 1 is 1.42 bits per heavy atom. The van der Waals surface area contributed by atoms with E-state index in [0.29, 0.717) is 30.8 Å². The summed E-state index contributed by atoms with van der Waals surface area (Å²) >= 11 is 0. The summed E-state index contributed by atoms with van der Waals surface area (Å²) < 4.78 is 13.1. The summed E-state index contributed by atoms with van der Waals surface area (Å²) in [6, 6.07) is 6.13. The van der Waals surface area contributed by atoms with Crippen LogP contribution in [0.2, 0.25) is 0 Å². The van der Waals surface area contributed by atoms with Gasteiger partial charge in [-0.1, -0.05) is 0 Å². The minimum Gasteiger partial charge on any atom is -0.355 e. The molecule has 0 saturated heterocycles. The van der Waals surface area contributed by atoms with Gasteiger partial charge in [-0.2, -0.15) is 5.26 Å². The Labute approximate surface area is 111 Å². The number of amides is 1. The van der Waals surface area contributed by atoms with Gasteiger partial charge < -0.3 is 10.6 Å². The summed E-state index contributed by atoms with van der Waals surface area (Å²) in [5.41, 5.74) is 1.10. The van der Waals surface area contributed by atoms with Gasteiger partial charge in [0.25, 0.3) is 0 Å². The summed E-state index contributed by atoms with van der Waals surface area (Å²) in [5, 5.41) is 14.8. The molecule has 4 nitrogen and oxygen atoms in total. The van der Waals surface area contributed by atoms with Crippen LogP contribution in [0, 0.1) is 23.1 Å². The van der Waals surface area contributed by atoms with Crippen molar-refractivity contribution in [2.45, 2.75) is 19.4 Å². The minimum absolute atomic E-state index is 0.116. The number of carbonyl (C=O) groups excluding carboxylic acids is 1. The van der Waals surface area contributed by atoms with E-state index in [0.717, 1.165) is 12.8 Å². The van der Waals surface area contributed by atoms with Crippen LogP contribution in [0.1, 0.15) is 24.0 Å². The first-order chi connectivity index (χ1) is 9.20. The first-order valence-electron chi connectivity index (χ1n) is 6.37. The van der Waals surface area contributed by atoms with Gasteiger partial charge in [-0.3, -0.25) is 4.79 Å². The molecule has 19 heavy (non-hydrogen) atoms. The fourth-order valence-corrected chi connectivity index (χ4v) is 1.80. The zero-order valence-electron chi connectivity index (χ0n) is 10.6. The first kappa shape index (κ1) is 13.5. The van der Waals surface area contributed by atoms with Crippen molar-refractivity contribution in [3.05, 3.63) is 35.1 Å². The van der Waals surface area contributed by atoms with E-state index in [-0.39, 0.29) is 17.6 Å². The Morgan fingerprint density at radius 2 is 2.21 bits per heavy atom. The number of nitriles is 1. The Balaban J connectivity index is 1.71. The molecule has 2 N–H and O–H groups in total. The number of rotatable bonds is 6. The van der Waals surface area contributed by atoms with Crippen molar-refractivity contribution in [3.8, 4) is 6.07 Å². The molecule has 0 aromatic heterocycles. The number of carbonyl (C=O) groups is 1. The van der Waals surface area contributed by atoms with Gasteiger partial charge in [-0.25, -0.2) is 4.39 Å². The van der Waals surface area contributed by atoms with Gasteiger partial charge in [0.1, 0.15) is 5.82 Å². The maximum atomic E-state index is 13.1. The number of nitrogens with one attached hydrogen (secondary N) is 2. The lowest BCUT2D eigenvalue weighted by molar-refractivity contribution is -0.122.